The number of rotatable bonds is 4. The summed E-state index contributed by atoms with van der Waals surface area (Å²) in [6.07, 6.45) is 0. The molecule has 5 nitrogen and oxygen atoms in total. The van der Waals surface area contributed by atoms with Gasteiger partial charge in [0.25, 0.3) is 0 Å². The van der Waals surface area contributed by atoms with Crippen molar-refractivity contribution >= 4 is 15.8 Å². The third kappa shape index (κ3) is 2.72. The molecule has 0 bridgehead atoms. The summed E-state index contributed by atoms with van der Waals surface area (Å²) in [7, 11) is -3.93. The van der Waals surface area contributed by atoms with Crippen LogP contribution in [0.4, 0.5) is 4.39 Å². The molecule has 0 aliphatic heterocycles. The minimum absolute atomic E-state index is 0.0387. The fraction of sp³-hybridized carbons (Fsp3) is 0.154. The van der Waals surface area contributed by atoms with Gasteiger partial charge in [-0.3, -0.25) is 0 Å². The van der Waals surface area contributed by atoms with E-state index >= 15 is 0 Å². The maximum absolute atomic E-state index is 13.5. The van der Waals surface area contributed by atoms with Crippen LogP contribution in [-0.4, -0.2) is 19.5 Å². The van der Waals surface area contributed by atoms with E-state index in [-0.39, 0.29) is 17.1 Å². The van der Waals surface area contributed by atoms with Gasteiger partial charge in [0.05, 0.1) is 0 Å². The van der Waals surface area contributed by atoms with Crippen LogP contribution in [0, 0.1) is 12.7 Å². The number of benzene rings is 1. The van der Waals surface area contributed by atoms with E-state index in [2.05, 4.69) is 0 Å². The maximum Gasteiger partial charge on any atom is 0.339 e. The minimum atomic E-state index is -3.93. The second kappa shape index (κ2) is 5.09. The van der Waals surface area contributed by atoms with E-state index in [4.69, 9.17) is 9.52 Å². The molecule has 1 aromatic carbocycles. The predicted octanol–water partition coefficient (Wildman–Crippen LogP) is 2.40. The van der Waals surface area contributed by atoms with Crippen LogP contribution in [0.3, 0.4) is 0 Å². The zero-order valence-electron chi connectivity index (χ0n) is 10.5. The summed E-state index contributed by atoms with van der Waals surface area (Å²) in [5, 5.41) is 8.87. The molecular formula is C13H11FO5S. The molecule has 0 spiro atoms. The summed E-state index contributed by atoms with van der Waals surface area (Å²) < 4.78 is 42.7. The number of carboxylic acids is 1. The standard InChI is InChI=1S/C13H11FO5S/c1-8-10(13(15)16)6-9(19-8)7-20(17,18)12-5-3-2-4-11(12)14/h2-6H,7H2,1H3,(H,15,16). The highest BCUT2D eigenvalue weighted by atomic mass is 32.2. The molecule has 0 aliphatic rings. The quantitative estimate of drug-likeness (QED) is 0.937. The zero-order chi connectivity index (χ0) is 14.9. The molecule has 0 unspecified atom stereocenters. The Labute approximate surface area is 114 Å². The van der Waals surface area contributed by atoms with E-state index < -0.39 is 32.3 Å². The lowest BCUT2D eigenvalue weighted by Crippen LogP contribution is -2.06. The van der Waals surface area contributed by atoms with Crippen molar-refractivity contribution < 1.29 is 27.1 Å². The first-order valence-corrected chi connectivity index (χ1v) is 7.26. The number of hydrogen-bond acceptors (Lipinski definition) is 4. The molecule has 1 N–H and O–H groups in total. The molecule has 0 atom stereocenters. The van der Waals surface area contributed by atoms with Crippen LogP contribution in [0.2, 0.25) is 0 Å². The number of aromatic carboxylic acids is 1. The molecule has 1 heterocycles. The molecule has 0 amide bonds. The number of halogens is 1. The molecule has 2 aromatic rings. The molecule has 20 heavy (non-hydrogen) atoms. The number of sulfone groups is 1. The number of furan rings is 1. The molecule has 7 heteroatoms. The SMILES string of the molecule is Cc1oc(CS(=O)(=O)c2ccccc2F)cc1C(=O)O. The zero-order valence-corrected chi connectivity index (χ0v) is 11.3. The first-order chi connectivity index (χ1) is 9.31. The monoisotopic (exact) mass is 298 g/mol. The first-order valence-electron chi connectivity index (χ1n) is 5.61. The van der Waals surface area contributed by atoms with Gasteiger partial charge in [-0.25, -0.2) is 17.6 Å². The molecule has 0 aliphatic carbocycles. The Morgan fingerprint density at radius 1 is 1.35 bits per heavy atom. The highest BCUT2D eigenvalue weighted by molar-refractivity contribution is 7.90. The number of aryl methyl sites for hydroxylation is 1. The van der Waals surface area contributed by atoms with Crippen LogP contribution >= 0.6 is 0 Å². The Bertz CT molecular complexity index is 761. The number of carbonyl (C=O) groups is 1. The van der Waals surface area contributed by atoms with Gasteiger partial charge in [0.15, 0.2) is 9.84 Å². The topological polar surface area (TPSA) is 84.6 Å². The van der Waals surface area contributed by atoms with Crippen LogP contribution in [0.5, 0.6) is 0 Å². The van der Waals surface area contributed by atoms with E-state index in [0.29, 0.717) is 0 Å². The minimum Gasteiger partial charge on any atom is -0.478 e. The van der Waals surface area contributed by atoms with Crippen molar-refractivity contribution in [2.24, 2.45) is 0 Å². The van der Waals surface area contributed by atoms with Gasteiger partial charge < -0.3 is 9.52 Å². The third-order valence-electron chi connectivity index (χ3n) is 2.70. The third-order valence-corrected chi connectivity index (χ3v) is 4.37. The Kier molecular flexibility index (Phi) is 3.63. The Morgan fingerprint density at radius 3 is 2.55 bits per heavy atom. The summed E-state index contributed by atoms with van der Waals surface area (Å²) in [6.45, 7) is 1.42. The largest absolute Gasteiger partial charge is 0.478 e. The van der Waals surface area contributed by atoms with Crippen molar-refractivity contribution in [2.75, 3.05) is 0 Å². The van der Waals surface area contributed by atoms with Gasteiger partial charge in [-0.05, 0) is 25.1 Å². The van der Waals surface area contributed by atoms with Gasteiger partial charge in [0.2, 0.25) is 0 Å². The predicted molar refractivity (Wildman–Crippen MR) is 67.7 cm³/mol. The smallest absolute Gasteiger partial charge is 0.339 e. The molecule has 2 rings (SSSR count). The molecule has 0 saturated heterocycles. The molecular weight excluding hydrogens is 287 g/mol. The summed E-state index contributed by atoms with van der Waals surface area (Å²) in [4.78, 5) is 10.4. The fourth-order valence-electron chi connectivity index (χ4n) is 1.79. The van der Waals surface area contributed by atoms with Gasteiger partial charge in [-0.1, -0.05) is 12.1 Å². The number of hydrogen-bond donors (Lipinski definition) is 1. The normalized spacial score (nSPS) is 11.5. The van der Waals surface area contributed by atoms with Crippen molar-refractivity contribution in [1.29, 1.82) is 0 Å². The van der Waals surface area contributed by atoms with Crippen molar-refractivity contribution in [2.45, 2.75) is 17.6 Å². The van der Waals surface area contributed by atoms with E-state index in [1.807, 2.05) is 0 Å². The second-order valence-electron chi connectivity index (χ2n) is 4.18. The lowest BCUT2D eigenvalue weighted by Gasteiger charge is -2.03. The molecule has 0 saturated carbocycles. The highest BCUT2D eigenvalue weighted by Crippen LogP contribution is 2.22. The van der Waals surface area contributed by atoms with Crippen molar-refractivity contribution in [3.63, 3.8) is 0 Å². The van der Waals surface area contributed by atoms with Crippen molar-refractivity contribution in [1.82, 2.24) is 0 Å². The summed E-state index contributed by atoms with van der Waals surface area (Å²) >= 11 is 0. The Balaban J connectivity index is 2.37. The van der Waals surface area contributed by atoms with Crippen LogP contribution < -0.4 is 0 Å². The summed E-state index contributed by atoms with van der Waals surface area (Å²) in [5.41, 5.74) is -0.108. The summed E-state index contributed by atoms with van der Waals surface area (Å²) in [5.74, 6) is -2.59. The van der Waals surface area contributed by atoms with Crippen LogP contribution in [0.15, 0.2) is 39.6 Å². The van der Waals surface area contributed by atoms with Crippen LogP contribution in [-0.2, 0) is 15.6 Å². The lowest BCUT2D eigenvalue weighted by molar-refractivity contribution is 0.0695. The van der Waals surface area contributed by atoms with E-state index in [0.717, 1.165) is 18.2 Å². The van der Waals surface area contributed by atoms with E-state index in [9.17, 15) is 17.6 Å². The number of carboxylic acid groups (broad SMARTS) is 1. The average Bonchev–Trinajstić information content (AvgIpc) is 2.69. The highest BCUT2D eigenvalue weighted by Gasteiger charge is 2.23. The maximum atomic E-state index is 13.5. The van der Waals surface area contributed by atoms with Crippen molar-refractivity contribution in [3.8, 4) is 0 Å². The lowest BCUT2D eigenvalue weighted by atomic mass is 10.2. The Morgan fingerprint density at radius 2 is 2.00 bits per heavy atom. The van der Waals surface area contributed by atoms with Crippen molar-refractivity contribution in [3.05, 3.63) is 53.2 Å². The second-order valence-corrected chi connectivity index (χ2v) is 6.14. The van der Waals surface area contributed by atoms with Gasteiger partial charge in [-0.15, -0.1) is 0 Å². The van der Waals surface area contributed by atoms with Gasteiger partial charge in [0.1, 0.15) is 33.5 Å². The summed E-state index contributed by atoms with van der Waals surface area (Å²) in [6, 6.07) is 6.12. The van der Waals surface area contributed by atoms with Gasteiger partial charge >= 0.3 is 5.97 Å². The van der Waals surface area contributed by atoms with Crippen LogP contribution in [0.1, 0.15) is 21.9 Å². The molecule has 0 fully saturated rings. The fourth-order valence-corrected chi connectivity index (χ4v) is 3.11. The van der Waals surface area contributed by atoms with Gasteiger partial charge in [0, 0.05) is 0 Å². The average molecular weight is 298 g/mol. The van der Waals surface area contributed by atoms with E-state index in [1.165, 1.54) is 19.1 Å². The van der Waals surface area contributed by atoms with Gasteiger partial charge in [-0.2, -0.15) is 0 Å². The molecule has 0 radical (unpaired) electrons. The molecule has 1 aromatic heterocycles. The first kappa shape index (κ1) is 14.3. The molecule has 106 valence electrons. The Hall–Kier alpha value is -2.15. The van der Waals surface area contributed by atoms with E-state index in [1.54, 1.807) is 0 Å². The van der Waals surface area contributed by atoms with Crippen LogP contribution in [0.25, 0.3) is 0 Å².